The van der Waals surface area contributed by atoms with Gasteiger partial charge < -0.3 is 5.32 Å². The van der Waals surface area contributed by atoms with Crippen molar-refractivity contribution in [2.75, 3.05) is 6.54 Å². The maximum atomic E-state index is 10.4. The van der Waals surface area contributed by atoms with E-state index in [4.69, 9.17) is 0 Å². The number of rotatable bonds is 4. The van der Waals surface area contributed by atoms with Gasteiger partial charge in [-0.1, -0.05) is 6.58 Å². The molecule has 0 saturated heterocycles. The zero-order chi connectivity index (χ0) is 7.28. The normalized spacial score (nSPS) is 8.67. The van der Waals surface area contributed by atoms with Gasteiger partial charge in [0.1, 0.15) is 5.78 Å². The first kappa shape index (κ1) is 8.21. The van der Waals surface area contributed by atoms with Crippen LogP contribution in [0, 0.1) is 0 Å². The molecule has 1 N–H and O–H groups in total. The molecule has 0 heterocycles. The third-order valence-electron chi connectivity index (χ3n) is 0.904. The van der Waals surface area contributed by atoms with E-state index in [0.717, 1.165) is 5.70 Å². The quantitative estimate of drug-likeness (QED) is 0.612. The molecule has 0 amide bonds. The van der Waals surface area contributed by atoms with E-state index < -0.39 is 0 Å². The summed E-state index contributed by atoms with van der Waals surface area (Å²) < 4.78 is 0. The summed E-state index contributed by atoms with van der Waals surface area (Å²) in [5.74, 6) is 0.212. The van der Waals surface area contributed by atoms with E-state index in [1.165, 1.54) is 0 Å². The molecule has 0 unspecified atom stereocenters. The summed E-state index contributed by atoms with van der Waals surface area (Å²) in [6.45, 7) is 7.80. The summed E-state index contributed by atoms with van der Waals surface area (Å²) in [6, 6.07) is 0. The third kappa shape index (κ3) is 7.21. The minimum atomic E-state index is 0.212. The van der Waals surface area contributed by atoms with E-state index in [1.54, 1.807) is 6.92 Å². The van der Waals surface area contributed by atoms with Crippen molar-refractivity contribution in [3.8, 4) is 0 Å². The van der Waals surface area contributed by atoms with E-state index in [-0.39, 0.29) is 5.78 Å². The standard InChI is InChI=1S/C7H13NO/c1-6(2)8-5-4-7(3)9/h8H,1,4-5H2,2-3H3. The highest BCUT2D eigenvalue weighted by Gasteiger charge is 1.90. The number of hydrogen-bond acceptors (Lipinski definition) is 2. The molecule has 0 saturated carbocycles. The molecule has 0 aromatic heterocycles. The highest BCUT2D eigenvalue weighted by atomic mass is 16.1. The fraction of sp³-hybridized carbons (Fsp3) is 0.571. The van der Waals surface area contributed by atoms with E-state index in [2.05, 4.69) is 11.9 Å². The van der Waals surface area contributed by atoms with Crippen molar-refractivity contribution in [3.63, 3.8) is 0 Å². The van der Waals surface area contributed by atoms with Crippen LogP contribution in [0.15, 0.2) is 12.3 Å². The largest absolute Gasteiger partial charge is 0.389 e. The number of allylic oxidation sites excluding steroid dienone is 1. The van der Waals surface area contributed by atoms with Crippen LogP contribution in [0.2, 0.25) is 0 Å². The molecule has 0 aliphatic carbocycles. The Balaban J connectivity index is 3.10. The Morgan fingerprint density at radius 2 is 2.11 bits per heavy atom. The summed E-state index contributed by atoms with van der Waals surface area (Å²) in [5, 5.41) is 2.96. The Labute approximate surface area is 56.0 Å². The zero-order valence-corrected chi connectivity index (χ0v) is 6.03. The molecule has 0 radical (unpaired) electrons. The summed E-state index contributed by atoms with van der Waals surface area (Å²) in [4.78, 5) is 10.4. The molecule has 0 spiro atoms. The lowest BCUT2D eigenvalue weighted by molar-refractivity contribution is -0.116. The fourth-order valence-electron chi connectivity index (χ4n) is 0.452. The average molecular weight is 127 g/mol. The Kier molecular flexibility index (Phi) is 3.76. The van der Waals surface area contributed by atoms with Gasteiger partial charge in [-0.3, -0.25) is 4.79 Å². The maximum absolute atomic E-state index is 10.4. The molecule has 0 atom stereocenters. The van der Waals surface area contributed by atoms with Gasteiger partial charge in [-0.25, -0.2) is 0 Å². The molecule has 2 nitrogen and oxygen atoms in total. The maximum Gasteiger partial charge on any atom is 0.131 e. The molecule has 52 valence electrons. The van der Waals surface area contributed by atoms with Crippen molar-refractivity contribution < 1.29 is 4.79 Å². The van der Waals surface area contributed by atoms with E-state index in [1.807, 2.05) is 6.92 Å². The van der Waals surface area contributed by atoms with Gasteiger partial charge >= 0.3 is 0 Å². The predicted molar refractivity (Wildman–Crippen MR) is 38.1 cm³/mol. The molecule has 9 heavy (non-hydrogen) atoms. The van der Waals surface area contributed by atoms with E-state index >= 15 is 0 Å². The van der Waals surface area contributed by atoms with Crippen LogP contribution in [0.5, 0.6) is 0 Å². The first-order valence-electron chi connectivity index (χ1n) is 3.01. The monoisotopic (exact) mass is 127 g/mol. The van der Waals surface area contributed by atoms with Gasteiger partial charge in [0.2, 0.25) is 0 Å². The highest BCUT2D eigenvalue weighted by molar-refractivity contribution is 5.75. The fourth-order valence-corrected chi connectivity index (χ4v) is 0.452. The van der Waals surface area contributed by atoms with Gasteiger partial charge in [-0.2, -0.15) is 0 Å². The Bertz CT molecular complexity index is 104. The summed E-state index contributed by atoms with van der Waals surface area (Å²) >= 11 is 0. The average Bonchev–Trinajstić information content (AvgIpc) is 1.63. The van der Waals surface area contributed by atoms with Crippen molar-refractivity contribution in [2.45, 2.75) is 20.3 Å². The zero-order valence-electron chi connectivity index (χ0n) is 6.03. The van der Waals surface area contributed by atoms with Gasteiger partial charge in [0.05, 0.1) is 0 Å². The molecule has 0 bridgehead atoms. The molecule has 0 rings (SSSR count). The van der Waals surface area contributed by atoms with Gasteiger partial charge in [0.25, 0.3) is 0 Å². The van der Waals surface area contributed by atoms with Gasteiger partial charge in [-0.15, -0.1) is 0 Å². The molecule has 0 aromatic carbocycles. The van der Waals surface area contributed by atoms with Crippen LogP contribution < -0.4 is 5.32 Å². The van der Waals surface area contributed by atoms with Gasteiger partial charge in [-0.05, 0) is 13.8 Å². The summed E-state index contributed by atoms with van der Waals surface area (Å²) in [7, 11) is 0. The van der Waals surface area contributed by atoms with Crippen LogP contribution in [-0.4, -0.2) is 12.3 Å². The van der Waals surface area contributed by atoms with Crippen LogP contribution >= 0.6 is 0 Å². The second-order valence-corrected chi connectivity index (χ2v) is 2.16. The van der Waals surface area contributed by atoms with Crippen LogP contribution in [0.4, 0.5) is 0 Å². The third-order valence-corrected chi connectivity index (χ3v) is 0.904. The molecule has 0 aliphatic heterocycles. The number of carbonyl (C=O) groups excluding carboxylic acids is 1. The molecular formula is C7H13NO. The number of carbonyl (C=O) groups is 1. The number of nitrogens with one attached hydrogen (secondary N) is 1. The van der Waals surface area contributed by atoms with Crippen molar-refractivity contribution in [1.29, 1.82) is 0 Å². The summed E-state index contributed by atoms with van der Waals surface area (Å²) in [6.07, 6.45) is 0.590. The molecule has 2 heteroatoms. The first-order chi connectivity index (χ1) is 4.13. The SMILES string of the molecule is C=C(C)NCCC(C)=O. The molecule has 0 aliphatic rings. The number of hydrogen-bond donors (Lipinski definition) is 1. The first-order valence-corrected chi connectivity index (χ1v) is 3.01. The van der Waals surface area contributed by atoms with E-state index in [0.29, 0.717) is 13.0 Å². The van der Waals surface area contributed by atoms with Crippen molar-refractivity contribution in [2.24, 2.45) is 0 Å². The minimum absolute atomic E-state index is 0.212. The molecule has 0 aromatic rings. The smallest absolute Gasteiger partial charge is 0.131 e. The Morgan fingerprint density at radius 3 is 2.44 bits per heavy atom. The Hall–Kier alpha value is -0.790. The summed E-state index contributed by atoms with van der Waals surface area (Å²) in [5.41, 5.74) is 0.913. The molecule has 0 fully saturated rings. The van der Waals surface area contributed by atoms with Crippen molar-refractivity contribution >= 4 is 5.78 Å². The molecular weight excluding hydrogens is 114 g/mol. The van der Waals surface area contributed by atoms with Crippen LogP contribution in [0.3, 0.4) is 0 Å². The van der Waals surface area contributed by atoms with Gasteiger partial charge in [0, 0.05) is 18.7 Å². The number of ketones is 1. The topological polar surface area (TPSA) is 29.1 Å². The van der Waals surface area contributed by atoms with E-state index in [9.17, 15) is 4.79 Å². The van der Waals surface area contributed by atoms with Crippen LogP contribution in [0.25, 0.3) is 0 Å². The highest BCUT2D eigenvalue weighted by Crippen LogP contribution is 1.81. The second-order valence-electron chi connectivity index (χ2n) is 2.16. The Morgan fingerprint density at radius 1 is 1.56 bits per heavy atom. The lowest BCUT2D eigenvalue weighted by atomic mass is 10.3. The van der Waals surface area contributed by atoms with Gasteiger partial charge in [0.15, 0.2) is 0 Å². The second kappa shape index (κ2) is 4.13. The predicted octanol–water partition coefficient (Wildman–Crippen LogP) is 1.09. The van der Waals surface area contributed by atoms with Crippen molar-refractivity contribution in [3.05, 3.63) is 12.3 Å². The lowest BCUT2D eigenvalue weighted by Gasteiger charge is -2.00. The number of Topliss-reactive ketones (excluding diaryl/α,β-unsaturated/α-hetero) is 1. The van der Waals surface area contributed by atoms with Crippen LogP contribution in [-0.2, 0) is 4.79 Å². The minimum Gasteiger partial charge on any atom is -0.389 e. The van der Waals surface area contributed by atoms with Crippen molar-refractivity contribution in [1.82, 2.24) is 5.32 Å². The lowest BCUT2D eigenvalue weighted by Crippen LogP contribution is -2.13. The van der Waals surface area contributed by atoms with Crippen LogP contribution in [0.1, 0.15) is 20.3 Å².